The topological polar surface area (TPSA) is 61.7 Å². The Labute approximate surface area is 73.1 Å². The molecular weight excluding hydrogens is 249 g/mol. The van der Waals surface area contributed by atoms with Crippen LogP contribution in [0, 0.1) is 0 Å². The van der Waals surface area contributed by atoms with Crippen LogP contribution in [-0.4, -0.2) is 35.3 Å². The summed E-state index contributed by atoms with van der Waals surface area (Å²) in [7, 11) is 0. The van der Waals surface area contributed by atoms with E-state index in [0.29, 0.717) is 6.42 Å². The maximum absolute atomic E-state index is 9.16. The molecule has 1 saturated heterocycles. The average molecular weight is 259 g/mol. The molecule has 60 valence electrons. The molecule has 3 N–H and O–H groups in total. The standard InChI is InChI=1S/C5H10INO3/c6-7-5-1-3(9)4(2-8)10-5/h3-5,7-9H,1-2H2/t3-,4+,5?/m0/s1. The summed E-state index contributed by atoms with van der Waals surface area (Å²) in [6.45, 7) is -0.115. The van der Waals surface area contributed by atoms with Gasteiger partial charge in [-0.15, -0.1) is 0 Å². The highest BCUT2D eigenvalue weighted by atomic mass is 127. The molecular formula is C5H10INO3. The molecule has 1 unspecified atom stereocenters. The van der Waals surface area contributed by atoms with Crippen molar-refractivity contribution >= 4 is 22.9 Å². The van der Waals surface area contributed by atoms with Gasteiger partial charge >= 0.3 is 0 Å². The van der Waals surface area contributed by atoms with E-state index in [4.69, 9.17) is 14.9 Å². The van der Waals surface area contributed by atoms with Crippen LogP contribution in [0.4, 0.5) is 0 Å². The van der Waals surface area contributed by atoms with Crippen LogP contribution in [0.3, 0.4) is 0 Å². The molecule has 4 nitrogen and oxygen atoms in total. The van der Waals surface area contributed by atoms with Crippen LogP contribution in [0.25, 0.3) is 0 Å². The zero-order valence-corrected chi connectivity index (χ0v) is 7.48. The Bertz CT molecular complexity index is 113. The van der Waals surface area contributed by atoms with Crippen LogP contribution < -0.4 is 3.53 Å². The molecule has 0 aromatic heterocycles. The van der Waals surface area contributed by atoms with Crippen molar-refractivity contribution in [2.24, 2.45) is 0 Å². The minimum atomic E-state index is -0.530. The maximum atomic E-state index is 9.16. The van der Waals surface area contributed by atoms with Crippen LogP contribution in [0.5, 0.6) is 0 Å². The molecule has 5 heteroatoms. The third kappa shape index (κ3) is 1.79. The van der Waals surface area contributed by atoms with E-state index in [9.17, 15) is 0 Å². The quantitative estimate of drug-likeness (QED) is 0.457. The van der Waals surface area contributed by atoms with Gasteiger partial charge in [0, 0.05) is 29.3 Å². The largest absolute Gasteiger partial charge is 0.394 e. The molecule has 1 fully saturated rings. The van der Waals surface area contributed by atoms with Crippen LogP contribution in [0.15, 0.2) is 0 Å². The number of hydrogen-bond donors (Lipinski definition) is 3. The summed E-state index contributed by atoms with van der Waals surface area (Å²) in [5.41, 5.74) is 0. The summed E-state index contributed by atoms with van der Waals surface area (Å²) in [4.78, 5) is 0. The third-order valence-corrected chi connectivity index (χ3v) is 2.22. The minimum absolute atomic E-state index is 0.115. The molecule has 0 aromatic carbocycles. The summed E-state index contributed by atoms with van der Waals surface area (Å²) in [6, 6.07) is 0. The lowest BCUT2D eigenvalue weighted by Crippen LogP contribution is -2.25. The predicted molar refractivity (Wildman–Crippen MR) is 43.5 cm³/mol. The van der Waals surface area contributed by atoms with Crippen LogP contribution in [0.2, 0.25) is 0 Å². The number of aliphatic hydroxyl groups is 2. The number of aliphatic hydroxyl groups excluding tert-OH is 2. The van der Waals surface area contributed by atoms with E-state index in [-0.39, 0.29) is 12.8 Å². The summed E-state index contributed by atoms with van der Waals surface area (Å²) >= 11 is 1.96. The van der Waals surface area contributed by atoms with Gasteiger partial charge in [0.2, 0.25) is 0 Å². The fourth-order valence-electron chi connectivity index (χ4n) is 0.963. The molecule has 1 aliphatic heterocycles. The van der Waals surface area contributed by atoms with Crippen molar-refractivity contribution in [1.29, 1.82) is 0 Å². The Hall–Kier alpha value is 0.570. The Morgan fingerprint density at radius 1 is 1.70 bits per heavy atom. The highest BCUT2D eigenvalue weighted by Crippen LogP contribution is 2.18. The second kappa shape index (κ2) is 3.82. The van der Waals surface area contributed by atoms with Gasteiger partial charge in [-0.25, -0.2) is 3.53 Å². The normalized spacial score (nSPS) is 40.5. The first-order valence-electron chi connectivity index (χ1n) is 3.08. The lowest BCUT2D eigenvalue weighted by Gasteiger charge is -2.09. The van der Waals surface area contributed by atoms with Crippen molar-refractivity contribution < 1.29 is 14.9 Å². The molecule has 0 saturated carbocycles. The zero-order valence-electron chi connectivity index (χ0n) is 5.33. The van der Waals surface area contributed by atoms with Crippen LogP contribution >= 0.6 is 22.9 Å². The van der Waals surface area contributed by atoms with E-state index >= 15 is 0 Å². The Balaban J connectivity index is 2.36. The average Bonchev–Trinajstić information content (AvgIpc) is 2.30. The van der Waals surface area contributed by atoms with E-state index in [1.54, 1.807) is 0 Å². The number of nitrogens with one attached hydrogen (secondary N) is 1. The SMILES string of the molecule is OC[C@H]1OC(NI)C[C@@H]1O. The molecule has 1 rings (SSSR count). The minimum Gasteiger partial charge on any atom is -0.394 e. The predicted octanol–water partition coefficient (Wildman–Crippen LogP) is -0.606. The third-order valence-electron chi connectivity index (χ3n) is 1.53. The van der Waals surface area contributed by atoms with E-state index in [2.05, 4.69) is 3.53 Å². The second-order valence-electron chi connectivity index (χ2n) is 2.26. The molecule has 1 aliphatic rings. The zero-order chi connectivity index (χ0) is 7.56. The summed E-state index contributed by atoms with van der Waals surface area (Å²) in [6.07, 6.45) is -0.508. The Morgan fingerprint density at radius 3 is 2.70 bits per heavy atom. The fraction of sp³-hybridized carbons (Fsp3) is 1.00. The second-order valence-corrected chi connectivity index (χ2v) is 2.88. The molecule has 0 spiro atoms. The fourth-order valence-corrected chi connectivity index (χ4v) is 1.36. The van der Waals surface area contributed by atoms with Gasteiger partial charge in [-0.1, -0.05) is 0 Å². The Kier molecular flexibility index (Phi) is 3.31. The molecule has 0 bridgehead atoms. The van der Waals surface area contributed by atoms with Gasteiger partial charge in [-0.05, 0) is 0 Å². The van der Waals surface area contributed by atoms with E-state index < -0.39 is 12.2 Å². The highest BCUT2D eigenvalue weighted by molar-refractivity contribution is 14.1. The van der Waals surface area contributed by atoms with Gasteiger partial charge in [0.15, 0.2) is 0 Å². The molecule has 0 radical (unpaired) electrons. The molecule has 10 heavy (non-hydrogen) atoms. The number of hydrogen-bond acceptors (Lipinski definition) is 4. The van der Waals surface area contributed by atoms with E-state index in [1.165, 1.54) is 0 Å². The van der Waals surface area contributed by atoms with E-state index in [0.717, 1.165) is 0 Å². The Morgan fingerprint density at radius 2 is 2.40 bits per heavy atom. The van der Waals surface area contributed by atoms with Crippen molar-refractivity contribution in [3.05, 3.63) is 0 Å². The first kappa shape index (κ1) is 8.66. The van der Waals surface area contributed by atoms with Crippen molar-refractivity contribution in [2.75, 3.05) is 6.61 Å². The summed E-state index contributed by atoms with van der Waals surface area (Å²) < 4.78 is 7.99. The van der Waals surface area contributed by atoms with Crippen molar-refractivity contribution in [2.45, 2.75) is 24.9 Å². The summed E-state index contributed by atoms with van der Waals surface area (Å²) in [5.74, 6) is 0. The van der Waals surface area contributed by atoms with Crippen molar-refractivity contribution in [1.82, 2.24) is 3.53 Å². The first-order chi connectivity index (χ1) is 4.77. The summed E-state index contributed by atoms with van der Waals surface area (Å²) in [5, 5.41) is 17.8. The highest BCUT2D eigenvalue weighted by Gasteiger charge is 2.32. The van der Waals surface area contributed by atoms with Gasteiger partial charge in [-0.2, -0.15) is 0 Å². The number of ether oxygens (including phenoxy) is 1. The van der Waals surface area contributed by atoms with Crippen LogP contribution in [0.1, 0.15) is 6.42 Å². The van der Waals surface area contributed by atoms with Crippen LogP contribution in [-0.2, 0) is 4.74 Å². The van der Waals surface area contributed by atoms with E-state index in [1.807, 2.05) is 22.9 Å². The lowest BCUT2D eigenvalue weighted by atomic mass is 10.2. The van der Waals surface area contributed by atoms with Gasteiger partial charge in [0.05, 0.1) is 12.7 Å². The molecule has 0 aromatic rings. The smallest absolute Gasteiger partial charge is 0.119 e. The number of halogens is 1. The molecule has 0 aliphatic carbocycles. The van der Waals surface area contributed by atoms with Crippen molar-refractivity contribution in [3.8, 4) is 0 Å². The van der Waals surface area contributed by atoms with Gasteiger partial charge < -0.3 is 14.9 Å². The number of rotatable bonds is 2. The lowest BCUT2D eigenvalue weighted by molar-refractivity contribution is -0.0225. The monoisotopic (exact) mass is 259 g/mol. The van der Waals surface area contributed by atoms with Crippen molar-refractivity contribution in [3.63, 3.8) is 0 Å². The van der Waals surface area contributed by atoms with Gasteiger partial charge in [-0.3, -0.25) is 0 Å². The molecule has 3 atom stereocenters. The van der Waals surface area contributed by atoms with Gasteiger partial charge in [0.25, 0.3) is 0 Å². The first-order valence-corrected chi connectivity index (χ1v) is 4.16. The van der Waals surface area contributed by atoms with Gasteiger partial charge in [0.1, 0.15) is 12.3 Å². The molecule has 0 amide bonds. The molecule has 1 heterocycles. The maximum Gasteiger partial charge on any atom is 0.119 e.